The fraction of sp³-hybridized carbons (Fsp3) is 0. The Hall–Kier alpha value is -3.56. The first kappa shape index (κ1) is 14.8. The first-order valence-corrected chi connectivity index (χ1v) is 5.68. The van der Waals surface area contributed by atoms with Crippen LogP contribution >= 0.6 is 0 Å². The molecule has 22 heavy (non-hydrogen) atoms. The number of nitrogens with one attached hydrogen (secondary N) is 1. The standard InChI is InChI=1S/C12H8N4O6/c17-11(18)8(12(19)20)4-13-10-7-3-6(16(21)22)1-2-9(7)14-5-15-10/h1-5H,(H,17,18)(H,19,20)(H,13,14,15)/p-2. The molecule has 1 N–H and O–H groups in total. The fourth-order valence-corrected chi connectivity index (χ4v) is 1.61. The number of rotatable bonds is 5. The lowest BCUT2D eigenvalue weighted by Crippen LogP contribution is -2.36. The molecule has 1 heterocycles. The number of aliphatic carboxylic acids is 2. The van der Waals surface area contributed by atoms with Gasteiger partial charge in [0.25, 0.3) is 5.69 Å². The Morgan fingerprint density at radius 1 is 1.18 bits per heavy atom. The van der Waals surface area contributed by atoms with E-state index in [2.05, 4.69) is 15.3 Å². The van der Waals surface area contributed by atoms with Crippen LogP contribution in [0, 0.1) is 10.1 Å². The predicted molar refractivity (Wildman–Crippen MR) is 67.9 cm³/mol. The van der Waals surface area contributed by atoms with E-state index in [4.69, 9.17) is 0 Å². The van der Waals surface area contributed by atoms with E-state index in [-0.39, 0.29) is 16.9 Å². The number of nitrogens with zero attached hydrogens (tertiary/aromatic N) is 3. The molecule has 0 radical (unpaired) electrons. The van der Waals surface area contributed by atoms with E-state index in [0.29, 0.717) is 11.7 Å². The van der Waals surface area contributed by atoms with Gasteiger partial charge in [-0.05, 0) is 6.07 Å². The van der Waals surface area contributed by atoms with E-state index < -0.39 is 22.4 Å². The quantitative estimate of drug-likeness (QED) is 0.224. The summed E-state index contributed by atoms with van der Waals surface area (Å²) in [6.07, 6.45) is 1.74. The Labute approximate surface area is 121 Å². The summed E-state index contributed by atoms with van der Waals surface area (Å²) in [5.74, 6) is -3.90. The van der Waals surface area contributed by atoms with Gasteiger partial charge >= 0.3 is 0 Å². The smallest absolute Gasteiger partial charge is 0.270 e. The van der Waals surface area contributed by atoms with Gasteiger partial charge < -0.3 is 25.1 Å². The van der Waals surface area contributed by atoms with Crippen LogP contribution in [0.5, 0.6) is 0 Å². The lowest BCUT2D eigenvalue weighted by atomic mass is 10.2. The molecule has 10 heteroatoms. The Morgan fingerprint density at radius 2 is 1.86 bits per heavy atom. The molecule has 2 rings (SSSR count). The van der Waals surface area contributed by atoms with Crippen LogP contribution in [-0.2, 0) is 9.59 Å². The van der Waals surface area contributed by atoms with Crippen LogP contribution in [0.4, 0.5) is 11.5 Å². The fourth-order valence-electron chi connectivity index (χ4n) is 1.61. The zero-order valence-electron chi connectivity index (χ0n) is 10.7. The molecule has 0 amide bonds. The third-order valence-corrected chi connectivity index (χ3v) is 2.62. The molecule has 0 spiro atoms. The minimum Gasteiger partial charge on any atom is -0.545 e. The van der Waals surface area contributed by atoms with Crippen LogP contribution in [0.25, 0.3) is 10.9 Å². The predicted octanol–water partition coefficient (Wildman–Crippen LogP) is -1.67. The topological polar surface area (TPSA) is 161 Å². The molecule has 0 saturated heterocycles. The Morgan fingerprint density at radius 3 is 2.45 bits per heavy atom. The summed E-state index contributed by atoms with van der Waals surface area (Å²) >= 11 is 0. The van der Waals surface area contributed by atoms with Crippen LogP contribution in [-0.4, -0.2) is 26.8 Å². The van der Waals surface area contributed by atoms with Crippen molar-refractivity contribution in [1.82, 2.24) is 9.97 Å². The number of fused-ring (bicyclic) bond motifs is 1. The molecular weight excluding hydrogens is 296 g/mol. The number of aromatic nitrogens is 2. The molecule has 112 valence electrons. The number of carboxylic acid groups (broad SMARTS) is 2. The molecule has 0 aliphatic carbocycles. The number of hydrogen-bond acceptors (Lipinski definition) is 9. The first-order chi connectivity index (χ1) is 10.4. The van der Waals surface area contributed by atoms with Crippen molar-refractivity contribution in [2.45, 2.75) is 0 Å². The Bertz CT molecular complexity index is 800. The number of benzene rings is 1. The molecular formula is C12H6N4O6-2. The second-order valence-electron chi connectivity index (χ2n) is 3.96. The second-order valence-corrected chi connectivity index (χ2v) is 3.96. The van der Waals surface area contributed by atoms with Crippen molar-refractivity contribution in [3.05, 3.63) is 46.4 Å². The van der Waals surface area contributed by atoms with E-state index >= 15 is 0 Å². The van der Waals surface area contributed by atoms with Crippen molar-refractivity contribution < 1.29 is 24.7 Å². The van der Waals surface area contributed by atoms with Gasteiger partial charge in [0.05, 0.1) is 22.4 Å². The van der Waals surface area contributed by atoms with Gasteiger partial charge in [0.1, 0.15) is 12.1 Å². The zero-order chi connectivity index (χ0) is 16.3. The van der Waals surface area contributed by atoms with Crippen LogP contribution in [0.15, 0.2) is 36.3 Å². The summed E-state index contributed by atoms with van der Waals surface area (Å²) in [6.45, 7) is 0. The molecule has 0 aliphatic heterocycles. The van der Waals surface area contributed by atoms with E-state index in [1.54, 1.807) is 0 Å². The summed E-state index contributed by atoms with van der Waals surface area (Å²) in [5.41, 5.74) is -1.01. The third-order valence-electron chi connectivity index (χ3n) is 2.62. The highest BCUT2D eigenvalue weighted by atomic mass is 16.6. The number of non-ortho nitro benzene ring substituents is 1. The Kier molecular flexibility index (Phi) is 3.93. The van der Waals surface area contributed by atoms with Crippen molar-refractivity contribution >= 4 is 34.3 Å². The van der Waals surface area contributed by atoms with E-state index in [9.17, 15) is 29.9 Å². The highest BCUT2D eigenvalue weighted by Gasteiger charge is 2.10. The van der Waals surface area contributed by atoms with Crippen LogP contribution < -0.4 is 15.5 Å². The summed E-state index contributed by atoms with van der Waals surface area (Å²) in [6, 6.07) is 3.79. The molecule has 1 aromatic heterocycles. The monoisotopic (exact) mass is 302 g/mol. The van der Waals surface area contributed by atoms with Gasteiger partial charge in [0.2, 0.25) is 0 Å². The van der Waals surface area contributed by atoms with Gasteiger partial charge in [-0.3, -0.25) is 10.1 Å². The maximum atomic E-state index is 10.8. The molecule has 0 saturated carbocycles. The average molecular weight is 302 g/mol. The van der Waals surface area contributed by atoms with Crippen LogP contribution in [0.2, 0.25) is 0 Å². The van der Waals surface area contributed by atoms with E-state index in [1.807, 2.05) is 0 Å². The maximum absolute atomic E-state index is 10.8. The lowest BCUT2D eigenvalue weighted by Gasteiger charge is -2.10. The number of hydrogen-bond donors (Lipinski definition) is 1. The average Bonchev–Trinajstić information content (AvgIpc) is 2.46. The van der Waals surface area contributed by atoms with Crippen molar-refractivity contribution in [3.63, 3.8) is 0 Å². The lowest BCUT2D eigenvalue weighted by molar-refractivity contribution is -0.384. The zero-order valence-corrected chi connectivity index (χ0v) is 10.7. The van der Waals surface area contributed by atoms with Crippen LogP contribution in [0.3, 0.4) is 0 Å². The Balaban J connectivity index is 2.49. The molecule has 0 aliphatic rings. The summed E-state index contributed by atoms with van der Waals surface area (Å²) < 4.78 is 0. The minimum absolute atomic E-state index is 0.00583. The first-order valence-electron chi connectivity index (χ1n) is 5.68. The molecule has 0 bridgehead atoms. The molecule has 2 aromatic rings. The molecule has 0 atom stereocenters. The van der Waals surface area contributed by atoms with Gasteiger partial charge in [-0.15, -0.1) is 0 Å². The van der Waals surface area contributed by atoms with E-state index in [1.165, 1.54) is 18.2 Å². The number of anilines is 1. The summed E-state index contributed by atoms with van der Waals surface area (Å²) in [5, 5.41) is 34.5. The maximum Gasteiger partial charge on any atom is 0.270 e. The minimum atomic E-state index is -1.95. The SMILES string of the molecule is O=C([O-])C(=CNc1ncnc2ccc([N+](=O)[O-])cc12)C(=O)[O-]. The highest BCUT2D eigenvalue weighted by Crippen LogP contribution is 2.24. The summed E-state index contributed by atoms with van der Waals surface area (Å²) in [4.78, 5) is 39.0. The van der Waals surface area contributed by atoms with Gasteiger partial charge in [0, 0.05) is 29.3 Å². The van der Waals surface area contributed by atoms with Gasteiger partial charge in [-0.1, -0.05) is 0 Å². The third kappa shape index (κ3) is 2.95. The number of carbonyl (C=O) groups is 2. The second kappa shape index (κ2) is 5.83. The van der Waals surface area contributed by atoms with Gasteiger partial charge in [0.15, 0.2) is 0 Å². The van der Waals surface area contributed by atoms with Crippen molar-refractivity contribution in [2.75, 3.05) is 5.32 Å². The van der Waals surface area contributed by atoms with Gasteiger partial charge in [-0.2, -0.15) is 0 Å². The largest absolute Gasteiger partial charge is 0.545 e. The number of nitro groups is 1. The summed E-state index contributed by atoms with van der Waals surface area (Å²) in [7, 11) is 0. The highest BCUT2D eigenvalue weighted by molar-refractivity contribution is 6.11. The van der Waals surface area contributed by atoms with E-state index in [0.717, 1.165) is 6.33 Å². The van der Waals surface area contributed by atoms with Gasteiger partial charge in [-0.25, -0.2) is 9.97 Å². The van der Waals surface area contributed by atoms with Crippen LogP contribution in [0.1, 0.15) is 0 Å². The number of nitro benzene ring substituents is 1. The molecule has 10 nitrogen and oxygen atoms in total. The van der Waals surface area contributed by atoms with Crippen molar-refractivity contribution in [3.8, 4) is 0 Å². The van der Waals surface area contributed by atoms with Crippen molar-refractivity contribution in [1.29, 1.82) is 0 Å². The number of carboxylic acids is 2. The van der Waals surface area contributed by atoms with Crippen molar-refractivity contribution in [2.24, 2.45) is 0 Å². The molecule has 0 fully saturated rings. The molecule has 0 unspecified atom stereocenters. The molecule has 1 aromatic carbocycles. The normalized spacial score (nSPS) is 10.0. The number of carbonyl (C=O) groups excluding carboxylic acids is 2.